The van der Waals surface area contributed by atoms with Gasteiger partial charge in [0.05, 0.1) is 27.8 Å². The zero-order chi connectivity index (χ0) is 52.3. The van der Waals surface area contributed by atoms with E-state index in [1.54, 1.807) is 0 Å². The van der Waals surface area contributed by atoms with Crippen molar-refractivity contribution in [3.8, 4) is 28.4 Å². The predicted octanol–water partition coefficient (Wildman–Crippen LogP) is 18.5. The van der Waals surface area contributed by atoms with Crippen LogP contribution in [-0.2, 0) is 22.9 Å². The largest absolute Gasteiger partial charge is 0.457 e. The van der Waals surface area contributed by atoms with Crippen LogP contribution < -0.4 is 9.64 Å². The van der Waals surface area contributed by atoms with Crippen LogP contribution in [0.1, 0.15) is 88.7 Å². The van der Waals surface area contributed by atoms with Crippen LogP contribution in [0.4, 0.5) is 11.4 Å². The Bertz CT molecular complexity index is 4160. The van der Waals surface area contributed by atoms with Gasteiger partial charge in [0, 0.05) is 55.2 Å². The zero-order valence-electron chi connectivity index (χ0n) is 45.7. The second-order valence-electron chi connectivity index (χ2n) is 22.8. The SMILES string of the molecule is [2H]C([2H])([2H])c1cc(-c2cccc3c4cc(C(C)(C)C)ccc4c4ccccc4c4cccc5c4n(c23)CN5c2cccc(Oc3ccc4c5ccccc5n(-c5cc(C(C)(C)C)ccn5)c4c3)c2)cc(C(C)(C)C)c1. The number of para-hydroxylation sites is 3. The summed E-state index contributed by atoms with van der Waals surface area (Å²) in [5, 5.41) is 9.06. The first-order valence-corrected chi connectivity index (χ1v) is 25.2. The predicted molar refractivity (Wildman–Crippen MR) is 306 cm³/mol. The van der Waals surface area contributed by atoms with Crippen molar-refractivity contribution in [1.82, 2.24) is 14.1 Å². The van der Waals surface area contributed by atoms with Crippen molar-refractivity contribution in [2.24, 2.45) is 0 Å². The Morgan fingerprint density at radius 1 is 0.472 bits per heavy atom. The van der Waals surface area contributed by atoms with Crippen LogP contribution in [0, 0.1) is 6.85 Å². The Hall–Kier alpha value is -7.89. The fourth-order valence-corrected chi connectivity index (χ4v) is 11.0. The third-order valence-electron chi connectivity index (χ3n) is 14.8. The number of aromatic nitrogens is 3. The molecule has 0 saturated carbocycles. The Morgan fingerprint density at radius 3 is 1.86 bits per heavy atom. The second kappa shape index (κ2) is 16.6. The molecule has 12 rings (SSSR count). The van der Waals surface area contributed by atoms with Crippen LogP contribution in [0.25, 0.3) is 82.1 Å². The Balaban J connectivity index is 1.08. The molecule has 0 saturated heterocycles. The van der Waals surface area contributed by atoms with Crippen molar-refractivity contribution in [1.29, 1.82) is 0 Å². The van der Waals surface area contributed by atoms with Gasteiger partial charge in [0.15, 0.2) is 0 Å². The first kappa shape index (κ1) is 41.9. The van der Waals surface area contributed by atoms with E-state index in [9.17, 15) is 0 Å². The number of fused-ring (bicyclic) bond motifs is 10. The summed E-state index contributed by atoms with van der Waals surface area (Å²) in [6.07, 6.45) is 1.91. The molecular formula is C67H62N4O. The van der Waals surface area contributed by atoms with Crippen molar-refractivity contribution in [3.05, 3.63) is 204 Å². The summed E-state index contributed by atoms with van der Waals surface area (Å²) in [7, 11) is 0. The van der Waals surface area contributed by atoms with E-state index in [2.05, 4.69) is 234 Å². The highest BCUT2D eigenvalue weighted by atomic mass is 16.5. The molecule has 0 bridgehead atoms. The van der Waals surface area contributed by atoms with E-state index < -0.39 is 6.85 Å². The van der Waals surface area contributed by atoms with Crippen molar-refractivity contribution in [2.75, 3.05) is 4.90 Å². The van der Waals surface area contributed by atoms with Gasteiger partial charge in [0.2, 0.25) is 0 Å². The third kappa shape index (κ3) is 7.65. The van der Waals surface area contributed by atoms with Crippen LogP contribution in [-0.4, -0.2) is 14.1 Å². The van der Waals surface area contributed by atoms with Gasteiger partial charge in [-0.05, 0) is 121 Å². The Morgan fingerprint density at radius 2 is 1.10 bits per heavy atom. The molecule has 5 heteroatoms. The molecule has 356 valence electrons. The van der Waals surface area contributed by atoms with Gasteiger partial charge in [-0.2, -0.15) is 0 Å². The maximum absolute atomic E-state index is 8.69. The molecule has 0 aliphatic carbocycles. The molecule has 0 spiro atoms. The van der Waals surface area contributed by atoms with Crippen molar-refractivity contribution >= 4 is 76.5 Å². The van der Waals surface area contributed by atoms with E-state index in [1.807, 2.05) is 24.4 Å². The van der Waals surface area contributed by atoms with E-state index in [1.165, 1.54) is 11.1 Å². The van der Waals surface area contributed by atoms with Gasteiger partial charge >= 0.3 is 0 Å². The van der Waals surface area contributed by atoms with Crippen molar-refractivity contribution in [2.45, 2.75) is 92.1 Å². The molecule has 0 amide bonds. The lowest BCUT2D eigenvalue weighted by atomic mass is 9.83. The minimum absolute atomic E-state index is 0.0408. The highest BCUT2D eigenvalue weighted by molar-refractivity contribution is 6.22. The van der Waals surface area contributed by atoms with Crippen molar-refractivity contribution < 1.29 is 8.85 Å². The minimum Gasteiger partial charge on any atom is -0.457 e. The molecule has 8 aromatic carbocycles. The number of hydrogen-bond donors (Lipinski definition) is 0. The number of ether oxygens (including phenoxy) is 1. The minimum atomic E-state index is -2.30. The summed E-state index contributed by atoms with van der Waals surface area (Å²) in [6, 6.07) is 62.5. The van der Waals surface area contributed by atoms with Crippen LogP contribution >= 0.6 is 0 Å². The lowest BCUT2D eigenvalue weighted by Gasteiger charge is -2.23. The maximum Gasteiger partial charge on any atom is 0.137 e. The molecule has 0 N–H and O–H groups in total. The Labute approximate surface area is 427 Å². The molecule has 0 radical (unpaired) electrons. The van der Waals surface area contributed by atoms with Gasteiger partial charge in [-0.25, -0.2) is 4.98 Å². The molecule has 3 aromatic heterocycles. The van der Waals surface area contributed by atoms with Crippen LogP contribution in [0.2, 0.25) is 0 Å². The number of nitrogens with zero attached hydrogens (tertiary/aromatic N) is 4. The van der Waals surface area contributed by atoms with Gasteiger partial charge in [-0.1, -0.05) is 177 Å². The molecule has 11 aromatic rings. The van der Waals surface area contributed by atoms with E-state index in [0.29, 0.717) is 18.0 Å². The van der Waals surface area contributed by atoms with Crippen LogP contribution in [0.15, 0.2) is 182 Å². The molecular weight excluding hydrogens is 877 g/mol. The van der Waals surface area contributed by atoms with Crippen LogP contribution in [0.3, 0.4) is 0 Å². The molecule has 0 unspecified atom stereocenters. The first-order valence-electron chi connectivity index (χ1n) is 26.7. The average Bonchev–Trinajstić information content (AvgIpc) is 3.96. The molecule has 0 atom stereocenters. The lowest BCUT2D eigenvalue weighted by molar-refractivity contribution is 0.483. The fourth-order valence-electron chi connectivity index (χ4n) is 11.0. The average molecular weight is 942 g/mol. The number of benzene rings is 8. The highest BCUT2D eigenvalue weighted by Gasteiger charge is 2.27. The standard InChI is InChI=1S/C67H62N4O/c1-42-34-43(36-46(35-42)67(8,9)10)50-23-16-24-57-58-37-44(65(2,3)4)28-30-53(58)51-20-11-12-21-52(51)56-25-17-27-60-64(56)70(63(50)57)41-69(60)47-18-15-19-48(39-47)72-49-29-31-55-54-22-13-14-26-59(54)71(61(55)40-49)62-38-45(32-33-68-62)66(5,6)7/h11-40H,41H2,1-10H3/i1D3. The number of pyridine rings is 1. The highest BCUT2D eigenvalue weighted by Crippen LogP contribution is 2.46. The maximum atomic E-state index is 8.69. The Kier molecular flexibility index (Phi) is 9.65. The van der Waals surface area contributed by atoms with Crippen molar-refractivity contribution in [3.63, 3.8) is 0 Å². The van der Waals surface area contributed by atoms with E-state index in [-0.39, 0.29) is 16.2 Å². The summed E-state index contributed by atoms with van der Waals surface area (Å²) in [6.45, 7) is 18.1. The summed E-state index contributed by atoms with van der Waals surface area (Å²) in [5.74, 6) is 2.31. The normalized spacial score (nSPS) is 13.8. The van der Waals surface area contributed by atoms with E-state index >= 15 is 0 Å². The smallest absolute Gasteiger partial charge is 0.137 e. The van der Waals surface area contributed by atoms with Gasteiger partial charge in [0.1, 0.15) is 24.0 Å². The van der Waals surface area contributed by atoms with E-state index in [4.69, 9.17) is 13.8 Å². The van der Waals surface area contributed by atoms with Crippen LogP contribution in [0.5, 0.6) is 11.5 Å². The second-order valence-corrected chi connectivity index (χ2v) is 22.8. The molecule has 72 heavy (non-hydrogen) atoms. The summed E-state index contributed by atoms with van der Waals surface area (Å²) in [4.78, 5) is 7.30. The fraction of sp³-hybridized carbons (Fsp3) is 0.209. The number of hydrogen-bond acceptors (Lipinski definition) is 3. The summed E-state index contributed by atoms with van der Waals surface area (Å²) >= 11 is 0. The number of anilines is 2. The molecule has 1 aliphatic heterocycles. The molecule has 0 fully saturated rings. The number of rotatable bonds is 5. The van der Waals surface area contributed by atoms with Gasteiger partial charge in [-0.15, -0.1) is 0 Å². The molecule has 5 nitrogen and oxygen atoms in total. The lowest BCUT2D eigenvalue weighted by Crippen LogP contribution is -2.15. The third-order valence-corrected chi connectivity index (χ3v) is 14.8. The first-order chi connectivity index (χ1) is 35.7. The zero-order valence-corrected chi connectivity index (χ0v) is 42.7. The van der Waals surface area contributed by atoms with E-state index in [0.717, 1.165) is 105 Å². The van der Waals surface area contributed by atoms with Gasteiger partial charge in [0.25, 0.3) is 0 Å². The molecule has 4 heterocycles. The summed E-state index contributed by atoms with van der Waals surface area (Å²) < 4.78 is 37.7. The quantitative estimate of drug-likeness (QED) is 0.172. The topological polar surface area (TPSA) is 35.2 Å². The summed E-state index contributed by atoms with van der Waals surface area (Å²) in [5.41, 5.74) is 11.4. The molecule has 1 aliphatic rings. The van der Waals surface area contributed by atoms with Gasteiger partial charge < -0.3 is 14.2 Å². The monoisotopic (exact) mass is 942 g/mol. The number of aryl methyl sites for hydroxylation is 1. The van der Waals surface area contributed by atoms with Gasteiger partial charge in [-0.3, -0.25) is 4.57 Å².